The fourth-order valence-corrected chi connectivity index (χ4v) is 1.96. The molecule has 2 aromatic rings. The molecule has 1 aromatic carbocycles. The third-order valence-corrected chi connectivity index (χ3v) is 3.42. The largest absolute Gasteiger partial charge is 0.321 e. The van der Waals surface area contributed by atoms with E-state index in [4.69, 9.17) is 5.26 Å². The predicted octanol–water partition coefficient (Wildman–Crippen LogP) is 3.03. The van der Waals surface area contributed by atoms with Gasteiger partial charge in [-0.05, 0) is 28.4 Å². The smallest absolute Gasteiger partial charge is 0.173 e. The average Bonchev–Trinajstić information content (AvgIpc) is 2.57. The van der Waals surface area contributed by atoms with E-state index >= 15 is 0 Å². The molecule has 0 saturated heterocycles. The summed E-state index contributed by atoms with van der Waals surface area (Å²) in [6, 6.07) is 10.1. The molecule has 1 aromatic heterocycles. The van der Waals surface area contributed by atoms with E-state index in [0.717, 1.165) is 17.0 Å². The van der Waals surface area contributed by atoms with Crippen molar-refractivity contribution in [3.63, 3.8) is 0 Å². The van der Waals surface area contributed by atoms with Crippen LogP contribution in [-0.2, 0) is 7.05 Å². The molecule has 0 unspecified atom stereocenters. The van der Waals surface area contributed by atoms with E-state index in [1.807, 2.05) is 42.8 Å². The molecule has 3 nitrogen and oxygen atoms in total. The number of rotatable bonds is 1. The van der Waals surface area contributed by atoms with Crippen molar-refractivity contribution in [1.29, 1.82) is 5.26 Å². The van der Waals surface area contributed by atoms with Gasteiger partial charge in [-0.15, -0.1) is 0 Å². The lowest BCUT2D eigenvalue weighted by Crippen LogP contribution is -1.94. The van der Waals surface area contributed by atoms with E-state index < -0.39 is 0 Å². The second-order valence-electron chi connectivity index (χ2n) is 3.56. The van der Waals surface area contributed by atoms with Gasteiger partial charge in [-0.25, -0.2) is 4.98 Å². The van der Waals surface area contributed by atoms with Gasteiger partial charge in [-0.3, -0.25) is 0 Å². The van der Waals surface area contributed by atoms with E-state index in [-0.39, 0.29) is 0 Å². The minimum absolute atomic E-state index is 0.417. The summed E-state index contributed by atoms with van der Waals surface area (Å²) >= 11 is 3.36. The normalized spacial score (nSPS) is 10.1. The van der Waals surface area contributed by atoms with Gasteiger partial charge < -0.3 is 4.57 Å². The summed E-state index contributed by atoms with van der Waals surface area (Å²) in [7, 11) is 1.89. The Morgan fingerprint density at radius 1 is 1.38 bits per heavy atom. The van der Waals surface area contributed by atoms with Crippen LogP contribution in [0.1, 0.15) is 11.3 Å². The molecule has 0 aliphatic carbocycles. The van der Waals surface area contributed by atoms with Gasteiger partial charge in [-0.2, -0.15) is 5.26 Å². The summed E-state index contributed by atoms with van der Waals surface area (Å²) in [4.78, 5) is 4.31. The second-order valence-corrected chi connectivity index (χ2v) is 4.31. The Morgan fingerprint density at radius 2 is 2.06 bits per heavy atom. The molecule has 0 radical (unpaired) electrons. The Morgan fingerprint density at radius 3 is 2.62 bits per heavy atom. The Balaban J connectivity index is 2.67. The zero-order chi connectivity index (χ0) is 11.7. The van der Waals surface area contributed by atoms with Crippen molar-refractivity contribution >= 4 is 15.9 Å². The highest BCUT2D eigenvalue weighted by Gasteiger charge is 2.14. The number of imidazole rings is 1. The van der Waals surface area contributed by atoms with Crippen LogP contribution in [0.5, 0.6) is 0 Å². The van der Waals surface area contributed by atoms with E-state index in [9.17, 15) is 0 Å². The summed E-state index contributed by atoms with van der Waals surface area (Å²) in [5, 5.41) is 8.92. The molecule has 0 aliphatic rings. The highest BCUT2D eigenvalue weighted by atomic mass is 79.9. The molecule has 0 aliphatic heterocycles. The fraction of sp³-hybridized carbons (Fsp3) is 0.167. The fourth-order valence-electron chi connectivity index (χ4n) is 1.61. The van der Waals surface area contributed by atoms with Crippen LogP contribution >= 0.6 is 15.9 Å². The number of nitrogens with zero attached hydrogens (tertiary/aromatic N) is 3. The summed E-state index contributed by atoms with van der Waals surface area (Å²) < 4.78 is 2.59. The molecule has 0 bridgehead atoms. The number of aryl methyl sites for hydroxylation is 1. The Bertz CT molecular complexity index is 578. The van der Waals surface area contributed by atoms with E-state index in [1.54, 1.807) is 0 Å². The Kier molecular flexibility index (Phi) is 2.80. The van der Waals surface area contributed by atoms with Crippen LogP contribution in [-0.4, -0.2) is 9.55 Å². The molecule has 0 N–H and O–H groups in total. The second kappa shape index (κ2) is 4.11. The molecular weight excluding hydrogens is 266 g/mol. The van der Waals surface area contributed by atoms with Crippen LogP contribution in [0, 0.1) is 18.3 Å². The summed E-state index contributed by atoms with van der Waals surface area (Å²) in [5.74, 6) is 0.807. The molecule has 80 valence electrons. The van der Waals surface area contributed by atoms with E-state index in [2.05, 4.69) is 27.0 Å². The van der Waals surface area contributed by atoms with E-state index in [0.29, 0.717) is 10.3 Å². The lowest BCUT2D eigenvalue weighted by Gasteiger charge is -2.05. The van der Waals surface area contributed by atoms with Crippen molar-refractivity contribution < 1.29 is 0 Å². The van der Waals surface area contributed by atoms with Gasteiger partial charge in [-0.1, -0.05) is 24.3 Å². The number of hydrogen-bond acceptors (Lipinski definition) is 2. The number of aromatic nitrogens is 2. The highest BCUT2D eigenvalue weighted by Crippen LogP contribution is 2.26. The van der Waals surface area contributed by atoms with Crippen molar-refractivity contribution in [3.05, 3.63) is 40.1 Å². The standard InChI is InChI=1S/C12H10BrN3/c1-8-5-3-4-6-9(8)12-15-10(7-14)11(13)16(12)2/h3-6H,1-2H3. The van der Waals surface area contributed by atoms with Crippen molar-refractivity contribution in [2.45, 2.75) is 6.92 Å². The topological polar surface area (TPSA) is 41.6 Å². The van der Waals surface area contributed by atoms with Crippen molar-refractivity contribution in [2.75, 3.05) is 0 Å². The minimum Gasteiger partial charge on any atom is -0.321 e. The van der Waals surface area contributed by atoms with Gasteiger partial charge in [0, 0.05) is 12.6 Å². The number of halogens is 1. The first-order valence-electron chi connectivity index (χ1n) is 4.83. The number of benzene rings is 1. The molecule has 0 fully saturated rings. The maximum absolute atomic E-state index is 8.92. The average molecular weight is 276 g/mol. The van der Waals surface area contributed by atoms with Gasteiger partial charge in [0.1, 0.15) is 16.5 Å². The maximum Gasteiger partial charge on any atom is 0.173 e. The molecule has 2 rings (SSSR count). The van der Waals surface area contributed by atoms with Crippen molar-refractivity contribution in [3.8, 4) is 17.5 Å². The van der Waals surface area contributed by atoms with Crippen molar-refractivity contribution in [2.24, 2.45) is 7.05 Å². The molecule has 0 spiro atoms. The molecule has 0 saturated carbocycles. The molecule has 16 heavy (non-hydrogen) atoms. The first-order chi connectivity index (χ1) is 7.65. The molecular formula is C12H10BrN3. The van der Waals surface area contributed by atoms with Gasteiger partial charge in [0.05, 0.1) is 0 Å². The SMILES string of the molecule is Cc1ccccc1-c1nc(C#N)c(Br)n1C. The first-order valence-corrected chi connectivity index (χ1v) is 5.62. The van der Waals surface area contributed by atoms with Gasteiger partial charge in [0.25, 0.3) is 0 Å². The number of hydrogen-bond donors (Lipinski definition) is 0. The quantitative estimate of drug-likeness (QED) is 0.803. The van der Waals surface area contributed by atoms with Crippen LogP contribution in [0.15, 0.2) is 28.9 Å². The molecule has 1 heterocycles. The van der Waals surface area contributed by atoms with Crippen LogP contribution in [0.3, 0.4) is 0 Å². The Labute approximate surface area is 102 Å². The molecule has 0 atom stereocenters. The zero-order valence-corrected chi connectivity index (χ0v) is 10.6. The van der Waals surface area contributed by atoms with Crippen LogP contribution in [0.2, 0.25) is 0 Å². The summed E-state index contributed by atoms with van der Waals surface area (Å²) in [6.07, 6.45) is 0. The third kappa shape index (κ3) is 1.63. The minimum atomic E-state index is 0.417. The van der Waals surface area contributed by atoms with Crippen molar-refractivity contribution in [1.82, 2.24) is 9.55 Å². The lowest BCUT2D eigenvalue weighted by molar-refractivity contribution is 0.900. The van der Waals surface area contributed by atoms with Crippen LogP contribution in [0.4, 0.5) is 0 Å². The van der Waals surface area contributed by atoms with E-state index in [1.165, 1.54) is 0 Å². The summed E-state index contributed by atoms with van der Waals surface area (Å²) in [5.41, 5.74) is 2.61. The van der Waals surface area contributed by atoms with Gasteiger partial charge >= 0.3 is 0 Å². The maximum atomic E-state index is 8.92. The number of nitriles is 1. The monoisotopic (exact) mass is 275 g/mol. The molecule has 4 heteroatoms. The van der Waals surface area contributed by atoms with Gasteiger partial charge in [0.15, 0.2) is 5.69 Å². The van der Waals surface area contributed by atoms with Crippen LogP contribution < -0.4 is 0 Å². The predicted molar refractivity (Wildman–Crippen MR) is 65.8 cm³/mol. The zero-order valence-electron chi connectivity index (χ0n) is 9.03. The van der Waals surface area contributed by atoms with Gasteiger partial charge in [0.2, 0.25) is 0 Å². The molecule has 0 amide bonds. The first kappa shape index (κ1) is 10.9. The van der Waals surface area contributed by atoms with Crippen LogP contribution in [0.25, 0.3) is 11.4 Å². The third-order valence-electron chi connectivity index (χ3n) is 2.52. The summed E-state index contributed by atoms with van der Waals surface area (Å²) in [6.45, 7) is 2.03. The highest BCUT2D eigenvalue weighted by molar-refractivity contribution is 9.10. The Hall–Kier alpha value is -1.60. The lowest BCUT2D eigenvalue weighted by atomic mass is 10.1.